The molecular weight excluding hydrogens is 318 g/mol. The lowest BCUT2D eigenvalue weighted by molar-refractivity contribution is -0.144. The van der Waals surface area contributed by atoms with Crippen LogP contribution in [-0.2, 0) is 16.1 Å². The van der Waals surface area contributed by atoms with E-state index in [-0.39, 0.29) is 5.91 Å². The van der Waals surface area contributed by atoms with Crippen LogP contribution < -0.4 is 4.74 Å². The van der Waals surface area contributed by atoms with Gasteiger partial charge in [0.15, 0.2) is 0 Å². The van der Waals surface area contributed by atoms with E-state index in [0.29, 0.717) is 19.1 Å². The van der Waals surface area contributed by atoms with Crippen molar-refractivity contribution < 1.29 is 14.3 Å². The maximum atomic E-state index is 12.7. The zero-order valence-corrected chi connectivity index (χ0v) is 14.8. The van der Waals surface area contributed by atoms with Crippen molar-refractivity contribution in [2.45, 2.75) is 38.4 Å². The summed E-state index contributed by atoms with van der Waals surface area (Å²) in [6.45, 7) is 3.72. The molecule has 6 heteroatoms. The lowest BCUT2D eigenvalue weighted by atomic mass is 9.94. The second-order valence-corrected chi connectivity index (χ2v) is 6.44. The maximum Gasteiger partial charge on any atom is 0.251 e. The molecular formula is C19H25N3O3. The van der Waals surface area contributed by atoms with E-state index in [2.05, 4.69) is 10.2 Å². The zero-order chi connectivity index (χ0) is 17.6. The van der Waals surface area contributed by atoms with Crippen molar-refractivity contribution in [1.82, 2.24) is 15.1 Å². The van der Waals surface area contributed by atoms with Gasteiger partial charge in [0.05, 0.1) is 13.7 Å². The number of likely N-dealkylation sites (tertiary alicyclic amines) is 1. The van der Waals surface area contributed by atoms with Crippen LogP contribution in [0.15, 0.2) is 36.5 Å². The molecule has 0 spiro atoms. The van der Waals surface area contributed by atoms with Crippen LogP contribution >= 0.6 is 0 Å². The van der Waals surface area contributed by atoms with Crippen LogP contribution in [0.3, 0.4) is 0 Å². The van der Waals surface area contributed by atoms with Gasteiger partial charge in [-0.2, -0.15) is 5.10 Å². The number of nitrogens with one attached hydrogen (secondary N) is 1. The SMILES string of the molecule is COc1cccc(CO[C@@H](C)C(=O)N2CCC[C@@H](c3ccn[nH]3)C2)c1. The molecule has 0 aliphatic carbocycles. The summed E-state index contributed by atoms with van der Waals surface area (Å²) in [7, 11) is 1.64. The molecule has 1 saturated heterocycles. The van der Waals surface area contributed by atoms with Crippen molar-refractivity contribution in [2.75, 3.05) is 20.2 Å². The van der Waals surface area contributed by atoms with Crippen molar-refractivity contribution in [2.24, 2.45) is 0 Å². The highest BCUT2D eigenvalue weighted by atomic mass is 16.5. The average Bonchev–Trinajstić information content (AvgIpc) is 3.20. The molecule has 0 bridgehead atoms. The summed E-state index contributed by atoms with van der Waals surface area (Å²) in [6, 6.07) is 9.69. The highest BCUT2D eigenvalue weighted by molar-refractivity contribution is 5.80. The molecule has 25 heavy (non-hydrogen) atoms. The van der Waals surface area contributed by atoms with Gasteiger partial charge in [0.2, 0.25) is 0 Å². The first-order chi connectivity index (χ1) is 12.2. The van der Waals surface area contributed by atoms with Crippen LogP contribution in [0, 0.1) is 0 Å². The molecule has 2 atom stereocenters. The van der Waals surface area contributed by atoms with Gasteiger partial charge in [-0.05, 0) is 43.5 Å². The molecule has 0 saturated carbocycles. The summed E-state index contributed by atoms with van der Waals surface area (Å²) < 4.78 is 11.0. The van der Waals surface area contributed by atoms with Gasteiger partial charge in [0.1, 0.15) is 11.9 Å². The van der Waals surface area contributed by atoms with Gasteiger partial charge in [0, 0.05) is 30.9 Å². The van der Waals surface area contributed by atoms with E-state index < -0.39 is 6.10 Å². The van der Waals surface area contributed by atoms with E-state index in [4.69, 9.17) is 9.47 Å². The molecule has 1 aliphatic rings. The molecule has 0 unspecified atom stereocenters. The molecule has 0 radical (unpaired) electrons. The highest BCUT2D eigenvalue weighted by Crippen LogP contribution is 2.26. The number of rotatable bonds is 6. The number of hydrogen-bond acceptors (Lipinski definition) is 4. The number of aromatic nitrogens is 2. The van der Waals surface area contributed by atoms with Crippen molar-refractivity contribution in [1.29, 1.82) is 0 Å². The molecule has 1 aromatic carbocycles. The normalized spacial score (nSPS) is 18.8. The Morgan fingerprint density at radius 1 is 1.44 bits per heavy atom. The van der Waals surface area contributed by atoms with E-state index in [0.717, 1.165) is 36.4 Å². The molecule has 3 rings (SSSR count). The third kappa shape index (κ3) is 4.39. The molecule has 2 aromatic rings. The van der Waals surface area contributed by atoms with Crippen molar-refractivity contribution >= 4 is 5.91 Å². The number of nitrogens with zero attached hydrogens (tertiary/aromatic N) is 2. The Labute approximate surface area is 148 Å². The molecule has 134 valence electrons. The van der Waals surface area contributed by atoms with Crippen LogP contribution in [0.2, 0.25) is 0 Å². The van der Waals surface area contributed by atoms with Crippen molar-refractivity contribution in [3.63, 3.8) is 0 Å². The monoisotopic (exact) mass is 343 g/mol. The molecule has 2 heterocycles. The van der Waals surface area contributed by atoms with E-state index in [1.54, 1.807) is 13.3 Å². The molecule has 1 amide bonds. The third-order valence-electron chi connectivity index (χ3n) is 4.68. The molecule has 1 aliphatic heterocycles. The van der Waals surface area contributed by atoms with Crippen molar-refractivity contribution in [3.05, 3.63) is 47.8 Å². The maximum absolute atomic E-state index is 12.7. The summed E-state index contributed by atoms with van der Waals surface area (Å²) in [4.78, 5) is 14.6. The summed E-state index contributed by atoms with van der Waals surface area (Å²) in [5.74, 6) is 1.16. The summed E-state index contributed by atoms with van der Waals surface area (Å²) in [5, 5.41) is 7.04. The highest BCUT2D eigenvalue weighted by Gasteiger charge is 2.28. The second-order valence-electron chi connectivity index (χ2n) is 6.44. The first-order valence-electron chi connectivity index (χ1n) is 8.70. The first kappa shape index (κ1) is 17.5. The van der Waals surface area contributed by atoms with Crippen LogP contribution in [0.4, 0.5) is 0 Å². The largest absolute Gasteiger partial charge is 0.497 e. The van der Waals surface area contributed by atoms with E-state index in [1.165, 1.54) is 0 Å². The number of methoxy groups -OCH3 is 1. The minimum Gasteiger partial charge on any atom is -0.497 e. The minimum absolute atomic E-state index is 0.0483. The average molecular weight is 343 g/mol. The molecule has 6 nitrogen and oxygen atoms in total. The van der Waals surface area contributed by atoms with Gasteiger partial charge in [-0.1, -0.05) is 12.1 Å². The number of hydrogen-bond donors (Lipinski definition) is 1. The smallest absolute Gasteiger partial charge is 0.251 e. The number of amides is 1. The summed E-state index contributed by atoms with van der Waals surface area (Å²) in [6.07, 6.45) is 3.37. The Bertz CT molecular complexity index is 687. The fourth-order valence-corrected chi connectivity index (χ4v) is 3.24. The lowest BCUT2D eigenvalue weighted by Gasteiger charge is -2.33. The van der Waals surface area contributed by atoms with E-state index in [9.17, 15) is 4.79 Å². The molecule has 1 fully saturated rings. The molecule has 1 N–H and O–H groups in total. The van der Waals surface area contributed by atoms with Crippen LogP contribution in [0.5, 0.6) is 5.75 Å². The van der Waals surface area contributed by atoms with Crippen LogP contribution in [0.25, 0.3) is 0 Å². The van der Waals surface area contributed by atoms with Gasteiger partial charge in [-0.25, -0.2) is 0 Å². The van der Waals surface area contributed by atoms with E-state index in [1.807, 2.05) is 42.2 Å². The van der Waals surface area contributed by atoms with Crippen LogP contribution in [-0.4, -0.2) is 47.3 Å². The first-order valence-corrected chi connectivity index (χ1v) is 8.70. The number of piperidine rings is 1. The fourth-order valence-electron chi connectivity index (χ4n) is 3.24. The van der Waals surface area contributed by atoms with E-state index >= 15 is 0 Å². The fraction of sp³-hybridized carbons (Fsp3) is 0.474. The quantitative estimate of drug-likeness (QED) is 0.876. The Kier molecular flexibility index (Phi) is 5.71. The predicted molar refractivity (Wildman–Crippen MR) is 94.4 cm³/mol. The summed E-state index contributed by atoms with van der Waals surface area (Å²) in [5.41, 5.74) is 2.09. The Morgan fingerprint density at radius 3 is 3.08 bits per heavy atom. The molecule has 1 aromatic heterocycles. The minimum atomic E-state index is -0.466. The van der Waals surface area contributed by atoms with Crippen LogP contribution in [0.1, 0.15) is 36.9 Å². The second kappa shape index (κ2) is 8.16. The number of ether oxygens (including phenoxy) is 2. The number of carbonyl (C=O) groups is 1. The summed E-state index contributed by atoms with van der Waals surface area (Å²) >= 11 is 0. The number of benzene rings is 1. The zero-order valence-electron chi connectivity index (χ0n) is 14.8. The third-order valence-corrected chi connectivity index (χ3v) is 4.68. The van der Waals surface area contributed by atoms with Gasteiger partial charge in [-0.15, -0.1) is 0 Å². The van der Waals surface area contributed by atoms with Crippen molar-refractivity contribution in [3.8, 4) is 5.75 Å². The number of aromatic amines is 1. The standard InChI is InChI=1S/C19H25N3O3/c1-14(25-13-15-5-3-7-17(11-15)24-2)19(23)22-10-4-6-16(12-22)18-8-9-20-21-18/h3,5,7-9,11,14,16H,4,6,10,12-13H2,1-2H3,(H,20,21)/t14-,16+/m0/s1. The van der Waals surface area contributed by atoms with Gasteiger partial charge >= 0.3 is 0 Å². The number of H-pyrrole nitrogens is 1. The van der Waals surface area contributed by atoms with Gasteiger partial charge in [-0.3, -0.25) is 9.89 Å². The Hall–Kier alpha value is -2.34. The number of carbonyl (C=O) groups excluding carboxylic acids is 1. The Morgan fingerprint density at radius 2 is 2.32 bits per heavy atom. The Balaban J connectivity index is 1.54. The lowest BCUT2D eigenvalue weighted by Crippen LogP contribution is -2.44. The van der Waals surface area contributed by atoms with Gasteiger partial charge in [0.25, 0.3) is 5.91 Å². The van der Waals surface area contributed by atoms with Gasteiger partial charge < -0.3 is 14.4 Å². The topological polar surface area (TPSA) is 67.5 Å². The predicted octanol–water partition coefficient (Wildman–Crippen LogP) is 2.73.